The molecule has 4 heavy (non-hydrogen) atoms. The van der Waals surface area contributed by atoms with Crippen molar-refractivity contribution in [1.82, 2.24) is 0 Å². The van der Waals surface area contributed by atoms with Gasteiger partial charge in [-0.2, -0.15) is 0 Å². The van der Waals surface area contributed by atoms with Gasteiger partial charge in [-0.1, -0.05) is 0 Å². The summed E-state index contributed by atoms with van der Waals surface area (Å²) in [6.45, 7) is 0. The zero-order valence-corrected chi connectivity index (χ0v) is 6.19. The number of hydrogen-bond acceptors (Lipinski definition) is 1. The molecule has 1 radical (unpaired) electrons. The Morgan fingerprint density at radius 2 is 1.25 bits per heavy atom. The molecule has 0 rings (SSSR count). The normalized spacial score (nSPS) is 0.750. The Morgan fingerprint density at radius 1 is 1.25 bits per heavy atom. The number of hydrogen-bond donors (Lipinski definition) is 0. The Hall–Kier alpha value is 2.55. The first-order valence-corrected chi connectivity index (χ1v) is 0.866. The van der Waals surface area contributed by atoms with Crippen LogP contribution in [-0.2, 0) is 26.2 Å². The Morgan fingerprint density at radius 3 is 1.25 bits per heavy atom. The minimum atomic E-state index is 0. The summed E-state index contributed by atoms with van der Waals surface area (Å²) < 4.78 is 8.28. The first kappa shape index (κ1) is 16.0. The molecule has 19 valence electrons. The van der Waals surface area contributed by atoms with Gasteiger partial charge in [0.25, 0.3) is 0 Å². The molecule has 0 saturated heterocycles. The summed E-state index contributed by atoms with van der Waals surface area (Å²) in [4.78, 5) is 0. The number of rotatable bonds is 0. The van der Waals surface area contributed by atoms with Gasteiger partial charge in [-0.15, -0.1) is 0 Å². The smallest absolute Gasteiger partial charge is 0 e. The molecule has 0 aromatic carbocycles. The van der Waals surface area contributed by atoms with Crippen LogP contribution in [0.1, 0.15) is 0 Å². The van der Waals surface area contributed by atoms with Gasteiger partial charge in [0.1, 0.15) is 0 Å². The molecule has 0 aromatic heterocycles. The maximum absolute atomic E-state index is 8.28. The molecule has 0 fully saturated rings. The van der Waals surface area contributed by atoms with E-state index in [0.717, 1.165) is 0 Å². The monoisotopic (exact) mass is 315 g/mol. The largest absolute Gasteiger partial charge is 0 e. The van der Waals surface area contributed by atoms with Crippen LogP contribution in [-0.4, -0.2) is 61.7 Å². The van der Waals surface area contributed by atoms with Gasteiger partial charge >= 0.3 is 65.5 Å². The van der Waals surface area contributed by atoms with E-state index >= 15 is 0 Å². The molecule has 0 heterocycles. The van der Waals surface area contributed by atoms with Crippen molar-refractivity contribution in [1.29, 1.82) is 0 Å². The van der Waals surface area contributed by atoms with Crippen LogP contribution in [0.15, 0.2) is 0 Å². The molecule has 0 unspecified atom stereocenters. The Balaban J connectivity index is -0.00000000500. The summed E-state index contributed by atoms with van der Waals surface area (Å²) in [5.74, 6) is 0. The molecule has 0 bridgehead atoms. The van der Waals surface area contributed by atoms with Crippen LogP contribution in [0, 0.1) is 0 Å². The molecule has 0 aliphatic heterocycles. The first-order valence-electron chi connectivity index (χ1n) is 0.289. The van der Waals surface area contributed by atoms with E-state index in [1.807, 2.05) is 0 Å². The second-order valence-corrected chi connectivity index (χ2v) is 0. The third-order valence-corrected chi connectivity index (χ3v) is 0. The fourth-order valence-electron chi connectivity index (χ4n) is 0. The zero-order valence-electron chi connectivity index (χ0n) is 1.56. The third-order valence-electron chi connectivity index (χ3n) is 0. The fourth-order valence-corrected chi connectivity index (χ4v) is 0. The van der Waals surface area contributed by atoms with Gasteiger partial charge in [-0.3, -0.25) is 0 Å². The molecular weight excluding hydrogens is 312 g/mol. The van der Waals surface area contributed by atoms with Crippen molar-refractivity contribution in [2.24, 2.45) is 0 Å². The quantitative estimate of drug-likeness (QED) is 0.488. The molecule has 4 heteroatoms. The Kier molecular flexibility index (Phi) is 70.7. The molecule has 0 saturated carbocycles. The van der Waals surface area contributed by atoms with Crippen LogP contribution < -0.4 is 0 Å². The molecule has 0 amide bonds. The molecule has 0 aromatic rings. The fraction of sp³-hybridized carbons (Fsp3) is 0. The zero-order chi connectivity index (χ0) is 2.00. The SMILES string of the molecule is [O]=[AlH].[SrH2].[Ta]. The van der Waals surface area contributed by atoms with E-state index in [1.165, 1.54) is 0 Å². The van der Waals surface area contributed by atoms with Crippen LogP contribution in [0.25, 0.3) is 0 Å². The third kappa shape index (κ3) is 8.82. The maximum Gasteiger partial charge on any atom is 0 e. The van der Waals surface area contributed by atoms with Crippen LogP contribution in [0.2, 0.25) is 0 Å². The molecule has 0 atom stereocenters. The Labute approximate surface area is 85.9 Å². The summed E-state index contributed by atoms with van der Waals surface area (Å²) in [6, 6.07) is 0. The van der Waals surface area contributed by atoms with E-state index < -0.39 is 0 Å². The van der Waals surface area contributed by atoms with E-state index in [1.54, 1.807) is 0 Å². The average Bonchev–Trinajstić information content (AvgIpc) is 1.00. The van der Waals surface area contributed by atoms with Crippen LogP contribution in [0.5, 0.6) is 0 Å². The van der Waals surface area contributed by atoms with E-state index in [-0.39, 0.29) is 67.9 Å². The second-order valence-electron chi connectivity index (χ2n) is 0. The van der Waals surface area contributed by atoms with Gasteiger partial charge in [-0.25, -0.2) is 0 Å². The molecule has 0 aliphatic carbocycles. The summed E-state index contributed by atoms with van der Waals surface area (Å²) in [5, 5.41) is 0. The molecular formula is H3AlOSrTa. The first-order chi connectivity index (χ1) is 1.00. The van der Waals surface area contributed by atoms with Gasteiger partial charge in [0, 0.05) is 22.4 Å². The van der Waals surface area contributed by atoms with Crippen molar-refractivity contribution in [2.45, 2.75) is 0 Å². The predicted octanol–water partition coefficient (Wildman–Crippen LogP) is -1.69. The maximum atomic E-state index is 8.28. The molecule has 0 aliphatic rings. The summed E-state index contributed by atoms with van der Waals surface area (Å²) >= 11 is 0.611. The van der Waals surface area contributed by atoms with E-state index in [0.29, 0.717) is 16.2 Å². The molecule has 0 spiro atoms. The van der Waals surface area contributed by atoms with Crippen molar-refractivity contribution in [2.75, 3.05) is 0 Å². The van der Waals surface area contributed by atoms with Crippen LogP contribution >= 0.6 is 0 Å². The van der Waals surface area contributed by atoms with Gasteiger partial charge in [-0.05, 0) is 0 Å². The summed E-state index contributed by atoms with van der Waals surface area (Å²) in [6.07, 6.45) is 0. The minimum absolute atomic E-state index is 0. The molecule has 0 N–H and O–H groups in total. The van der Waals surface area contributed by atoms with E-state index in [4.69, 9.17) is 3.80 Å². The standard InChI is InChI=1S/Al.O.Sr.Ta.3H. The second kappa shape index (κ2) is 17.7. The van der Waals surface area contributed by atoms with Gasteiger partial charge in [0.05, 0.1) is 0 Å². The molecule has 1 nitrogen and oxygen atoms in total. The minimum Gasteiger partial charge on any atom is 0 e. The van der Waals surface area contributed by atoms with Gasteiger partial charge in [0.2, 0.25) is 0 Å². The van der Waals surface area contributed by atoms with Crippen LogP contribution in [0.3, 0.4) is 0 Å². The van der Waals surface area contributed by atoms with E-state index in [2.05, 4.69) is 0 Å². The van der Waals surface area contributed by atoms with Gasteiger partial charge < -0.3 is 0 Å². The van der Waals surface area contributed by atoms with Crippen molar-refractivity contribution in [3.8, 4) is 0 Å². The van der Waals surface area contributed by atoms with Crippen molar-refractivity contribution in [3.63, 3.8) is 0 Å². The van der Waals surface area contributed by atoms with Crippen molar-refractivity contribution in [3.05, 3.63) is 0 Å². The van der Waals surface area contributed by atoms with Crippen molar-refractivity contribution < 1.29 is 26.2 Å². The topological polar surface area (TPSA) is 17.1 Å². The summed E-state index contributed by atoms with van der Waals surface area (Å²) in [7, 11) is 0. The van der Waals surface area contributed by atoms with Crippen molar-refractivity contribution >= 4 is 61.7 Å². The summed E-state index contributed by atoms with van der Waals surface area (Å²) in [5.41, 5.74) is 0. The van der Waals surface area contributed by atoms with E-state index in [9.17, 15) is 0 Å². The predicted molar refractivity (Wildman–Crippen MR) is 16.4 cm³/mol. The van der Waals surface area contributed by atoms with Crippen LogP contribution in [0.4, 0.5) is 0 Å². The average molecular weight is 315 g/mol. The Bertz CT molecular complexity index is 8.00. The van der Waals surface area contributed by atoms with Gasteiger partial charge in [0.15, 0.2) is 0 Å².